The Hall–Kier alpha value is -1.89. The molecule has 0 N–H and O–H groups in total. The number of Topliss-reactive ketones (excluding diaryl/α,β-unsaturated/α-hetero) is 1. The number of carbonyl (C=O) groups excluding carboxylic acids is 1. The number of hydrogen-bond acceptors (Lipinski definition) is 1. The van der Waals surface area contributed by atoms with Crippen LogP contribution in [0, 0.1) is 20.8 Å². The van der Waals surface area contributed by atoms with Crippen LogP contribution in [0.15, 0.2) is 42.5 Å². The zero-order chi connectivity index (χ0) is 13.8. The zero-order valence-electron chi connectivity index (χ0n) is 11.9. The number of carbonyl (C=O) groups is 1. The first kappa shape index (κ1) is 13.5. The van der Waals surface area contributed by atoms with Gasteiger partial charge in [0.05, 0.1) is 0 Å². The van der Waals surface area contributed by atoms with E-state index in [0.717, 1.165) is 12.0 Å². The Morgan fingerprint density at radius 2 is 1.53 bits per heavy atom. The molecule has 0 saturated carbocycles. The van der Waals surface area contributed by atoms with Gasteiger partial charge in [-0.15, -0.1) is 0 Å². The van der Waals surface area contributed by atoms with E-state index in [1.54, 1.807) is 0 Å². The summed E-state index contributed by atoms with van der Waals surface area (Å²) in [5, 5.41) is 0. The fourth-order valence-corrected chi connectivity index (χ4v) is 2.26. The molecule has 19 heavy (non-hydrogen) atoms. The summed E-state index contributed by atoms with van der Waals surface area (Å²) in [4.78, 5) is 12.1. The lowest BCUT2D eigenvalue weighted by molar-refractivity contribution is 0.0983. The molecule has 0 spiro atoms. The quantitative estimate of drug-likeness (QED) is 0.736. The van der Waals surface area contributed by atoms with Crippen molar-refractivity contribution in [2.24, 2.45) is 0 Å². The highest BCUT2D eigenvalue weighted by molar-refractivity contribution is 5.96. The Morgan fingerprint density at radius 1 is 0.895 bits per heavy atom. The van der Waals surface area contributed by atoms with Crippen molar-refractivity contribution >= 4 is 5.78 Å². The molecule has 0 aliphatic heterocycles. The largest absolute Gasteiger partial charge is 0.294 e. The second-order valence-corrected chi connectivity index (χ2v) is 5.22. The minimum atomic E-state index is 0.222. The molecule has 0 unspecified atom stereocenters. The number of aryl methyl sites for hydroxylation is 4. The Balaban J connectivity index is 2.02. The smallest absolute Gasteiger partial charge is 0.163 e. The predicted octanol–water partition coefficient (Wildman–Crippen LogP) is 4.43. The van der Waals surface area contributed by atoms with Gasteiger partial charge in [0, 0.05) is 12.0 Å². The predicted molar refractivity (Wildman–Crippen MR) is 79.7 cm³/mol. The molecule has 0 fully saturated rings. The highest BCUT2D eigenvalue weighted by Crippen LogP contribution is 2.14. The van der Waals surface area contributed by atoms with E-state index in [2.05, 4.69) is 32.0 Å². The summed E-state index contributed by atoms with van der Waals surface area (Å²) < 4.78 is 0. The third-order valence-electron chi connectivity index (χ3n) is 3.49. The fourth-order valence-electron chi connectivity index (χ4n) is 2.26. The van der Waals surface area contributed by atoms with Crippen LogP contribution >= 0.6 is 0 Å². The third kappa shape index (κ3) is 3.54. The molecule has 0 aliphatic carbocycles. The van der Waals surface area contributed by atoms with Crippen molar-refractivity contribution in [3.8, 4) is 0 Å². The summed E-state index contributed by atoms with van der Waals surface area (Å²) in [6, 6.07) is 14.2. The van der Waals surface area contributed by atoms with E-state index >= 15 is 0 Å². The normalized spacial score (nSPS) is 10.5. The molecule has 98 valence electrons. The summed E-state index contributed by atoms with van der Waals surface area (Å²) in [5.41, 5.74) is 5.81. The van der Waals surface area contributed by atoms with Crippen LogP contribution < -0.4 is 0 Å². The SMILES string of the molecule is Cc1ccc(C(=O)CCc2ccc(C)cc2C)cc1. The van der Waals surface area contributed by atoms with Gasteiger partial charge in [0.1, 0.15) is 0 Å². The number of rotatable bonds is 4. The van der Waals surface area contributed by atoms with Crippen LogP contribution in [0.3, 0.4) is 0 Å². The number of hydrogen-bond donors (Lipinski definition) is 0. The van der Waals surface area contributed by atoms with E-state index in [9.17, 15) is 4.79 Å². The maximum absolute atomic E-state index is 12.1. The Morgan fingerprint density at radius 3 is 2.16 bits per heavy atom. The minimum Gasteiger partial charge on any atom is -0.294 e. The molecule has 0 saturated heterocycles. The van der Waals surface area contributed by atoms with Gasteiger partial charge in [0.25, 0.3) is 0 Å². The van der Waals surface area contributed by atoms with Gasteiger partial charge in [0.2, 0.25) is 0 Å². The second-order valence-electron chi connectivity index (χ2n) is 5.22. The molecule has 1 nitrogen and oxygen atoms in total. The lowest BCUT2D eigenvalue weighted by atomic mass is 9.98. The van der Waals surface area contributed by atoms with Crippen LogP contribution in [-0.4, -0.2) is 5.78 Å². The molecule has 0 amide bonds. The molecule has 0 bridgehead atoms. The van der Waals surface area contributed by atoms with Crippen molar-refractivity contribution in [3.05, 3.63) is 70.3 Å². The van der Waals surface area contributed by atoms with Crippen LogP contribution in [0.25, 0.3) is 0 Å². The van der Waals surface area contributed by atoms with E-state index in [1.807, 2.05) is 31.2 Å². The zero-order valence-corrected chi connectivity index (χ0v) is 11.9. The van der Waals surface area contributed by atoms with Gasteiger partial charge < -0.3 is 0 Å². The van der Waals surface area contributed by atoms with Crippen LogP contribution in [0.5, 0.6) is 0 Å². The van der Waals surface area contributed by atoms with E-state index in [1.165, 1.54) is 22.3 Å². The minimum absolute atomic E-state index is 0.222. The Kier molecular flexibility index (Phi) is 4.16. The van der Waals surface area contributed by atoms with Gasteiger partial charge in [-0.25, -0.2) is 0 Å². The standard InChI is InChI=1S/C18H20O/c1-13-4-8-17(9-5-13)18(19)11-10-16-7-6-14(2)12-15(16)3/h4-9,12H,10-11H2,1-3H3. The molecule has 0 radical (unpaired) electrons. The average Bonchev–Trinajstić information content (AvgIpc) is 2.38. The lowest BCUT2D eigenvalue weighted by Gasteiger charge is -2.06. The van der Waals surface area contributed by atoms with E-state index in [-0.39, 0.29) is 5.78 Å². The lowest BCUT2D eigenvalue weighted by Crippen LogP contribution is -2.02. The van der Waals surface area contributed by atoms with Crippen LogP contribution in [0.2, 0.25) is 0 Å². The molecule has 2 aromatic rings. The van der Waals surface area contributed by atoms with Crippen molar-refractivity contribution in [3.63, 3.8) is 0 Å². The van der Waals surface area contributed by atoms with E-state index < -0.39 is 0 Å². The van der Waals surface area contributed by atoms with Crippen molar-refractivity contribution < 1.29 is 4.79 Å². The van der Waals surface area contributed by atoms with Crippen molar-refractivity contribution in [1.82, 2.24) is 0 Å². The molecular formula is C18H20O. The van der Waals surface area contributed by atoms with Gasteiger partial charge in [-0.3, -0.25) is 4.79 Å². The fraction of sp³-hybridized carbons (Fsp3) is 0.278. The first-order valence-electron chi connectivity index (χ1n) is 6.72. The van der Waals surface area contributed by atoms with Gasteiger partial charge in [-0.05, 0) is 38.3 Å². The highest BCUT2D eigenvalue weighted by Gasteiger charge is 2.07. The first-order valence-corrected chi connectivity index (χ1v) is 6.72. The Bertz CT molecular complexity index is 579. The van der Waals surface area contributed by atoms with Crippen LogP contribution in [0.1, 0.15) is 39.0 Å². The highest BCUT2D eigenvalue weighted by atomic mass is 16.1. The molecule has 2 rings (SSSR count). The molecule has 0 heterocycles. The molecule has 2 aromatic carbocycles. The third-order valence-corrected chi connectivity index (χ3v) is 3.49. The molecule has 0 aromatic heterocycles. The van der Waals surface area contributed by atoms with Crippen LogP contribution in [-0.2, 0) is 6.42 Å². The first-order chi connectivity index (χ1) is 9.06. The monoisotopic (exact) mass is 252 g/mol. The summed E-state index contributed by atoms with van der Waals surface area (Å²) >= 11 is 0. The maximum atomic E-state index is 12.1. The molecule has 0 atom stereocenters. The topological polar surface area (TPSA) is 17.1 Å². The van der Waals surface area contributed by atoms with Crippen molar-refractivity contribution in [2.75, 3.05) is 0 Å². The molecule has 1 heteroatoms. The number of benzene rings is 2. The van der Waals surface area contributed by atoms with Gasteiger partial charge in [-0.1, -0.05) is 53.6 Å². The van der Waals surface area contributed by atoms with Crippen molar-refractivity contribution in [1.29, 1.82) is 0 Å². The van der Waals surface area contributed by atoms with Crippen LogP contribution in [0.4, 0.5) is 0 Å². The van der Waals surface area contributed by atoms with E-state index in [4.69, 9.17) is 0 Å². The summed E-state index contributed by atoms with van der Waals surface area (Å²) in [6.07, 6.45) is 1.39. The van der Waals surface area contributed by atoms with Crippen molar-refractivity contribution in [2.45, 2.75) is 33.6 Å². The molecular weight excluding hydrogens is 232 g/mol. The van der Waals surface area contributed by atoms with Gasteiger partial charge in [-0.2, -0.15) is 0 Å². The maximum Gasteiger partial charge on any atom is 0.163 e. The van der Waals surface area contributed by atoms with Gasteiger partial charge in [0.15, 0.2) is 5.78 Å². The average molecular weight is 252 g/mol. The summed E-state index contributed by atoms with van der Waals surface area (Å²) in [6.45, 7) is 6.23. The molecule has 0 aliphatic rings. The second kappa shape index (κ2) is 5.83. The van der Waals surface area contributed by atoms with Gasteiger partial charge >= 0.3 is 0 Å². The number of ketones is 1. The summed E-state index contributed by atoms with van der Waals surface area (Å²) in [7, 11) is 0. The Labute approximate surface area is 115 Å². The summed E-state index contributed by atoms with van der Waals surface area (Å²) in [5.74, 6) is 0.222. The van der Waals surface area contributed by atoms with E-state index in [0.29, 0.717) is 6.42 Å².